The van der Waals surface area contributed by atoms with E-state index in [-0.39, 0.29) is 5.92 Å². The van der Waals surface area contributed by atoms with Crippen LogP contribution in [0.1, 0.15) is 59.3 Å². The molecule has 7 heteroatoms. The van der Waals surface area contributed by atoms with Gasteiger partial charge in [0, 0.05) is 57.0 Å². The first-order valence-corrected chi connectivity index (χ1v) is 13.5. The fraction of sp³-hybridized carbons (Fsp3) is 0.400. The van der Waals surface area contributed by atoms with Crippen molar-refractivity contribution in [1.82, 2.24) is 14.8 Å². The van der Waals surface area contributed by atoms with Crippen LogP contribution in [0.15, 0.2) is 60.8 Å². The predicted octanol–water partition coefficient (Wildman–Crippen LogP) is 5.90. The summed E-state index contributed by atoms with van der Waals surface area (Å²) in [5, 5.41) is 10.7. The van der Waals surface area contributed by atoms with E-state index in [1.54, 1.807) is 6.20 Å². The number of carbonyl (C=O) groups is 1. The Labute approximate surface area is 225 Å². The van der Waals surface area contributed by atoms with Crippen LogP contribution in [0.5, 0.6) is 0 Å². The van der Waals surface area contributed by atoms with E-state index in [9.17, 15) is 9.90 Å². The number of rotatable bonds is 10. The number of nitrogens with zero attached hydrogens (tertiary/aromatic N) is 4. The Morgan fingerprint density at radius 1 is 1.00 bits per heavy atom. The van der Waals surface area contributed by atoms with Gasteiger partial charge in [0.05, 0.1) is 0 Å². The molecule has 1 N–H and O–H groups in total. The van der Waals surface area contributed by atoms with Crippen molar-refractivity contribution >= 4 is 23.4 Å². The molecule has 0 bridgehead atoms. The van der Waals surface area contributed by atoms with Crippen LogP contribution in [0.2, 0.25) is 5.02 Å². The molecule has 37 heavy (non-hydrogen) atoms. The summed E-state index contributed by atoms with van der Waals surface area (Å²) in [7, 11) is 0. The van der Waals surface area contributed by atoms with Crippen molar-refractivity contribution in [3.63, 3.8) is 0 Å². The third-order valence-corrected chi connectivity index (χ3v) is 7.47. The van der Waals surface area contributed by atoms with Gasteiger partial charge in [0.1, 0.15) is 11.4 Å². The second-order valence-electron chi connectivity index (χ2n) is 10.0. The topological polar surface area (TPSA) is 59.9 Å². The molecule has 0 radical (unpaired) electrons. The molecule has 0 spiro atoms. The average molecular weight is 521 g/mol. The summed E-state index contributed by atoms with van der Waals surface area (Å²) < 4.78 is 0. The van der Waals surface area contributed by atoms with Gasteiger partial charge in [0.25, 0.3) is 0 Å². The van der Waals surface area contributed by atoms with E-state index >= 15 is 0 Å². The van der Waals surface area contributed by atoms with Gasteiger partial charge in [-0.25, -0.2) is 9.78 Å². The quantitative estimate of drug-likeness (QED) is 0.359. The zero-order valence-electron chi connectivity index (χ0n) is 22.0. The van der Waals surface area contributed by atoms with Gasteiger partial charge in [-0.15, -0.1) is 0 Å². The number of hydrogen-bond donors (Lipinski definition) is 1. The zero-order valence-corrected chi connectivity index (χ0v) is 22.8. The highest BCUT2D eigenvalue weighted by Gasteiger charge is 2.25. The number of piperazine rings is 1. The third-order valence-electron chi connectivity index (χ3n) is 7.11. The Bertz CT molecular complexity index is 1190. The van der Waals surface area contributed by atoms with Crippen LogP contribution in [0.4, 0.5) is 5.82 Å². The standard InChI is InChI=1S/C30H37ClN4O2/c1-4-33(21-25-7-5-6-8-27(25)31)19-23-9-11-24(12-10-23)20-34-15-17-35(18-16-34)29-28(30(36)37)26(22(2)3)13-14-32-29/h5-14,22H,4,15-21H2,1-3H3,(H,36,37). The van der Waals surface area contributed by atoms with E-state index < -0.39 is 5.97 Å². The highest BCUT2D eigenvalue weighted by molar-refractivity contribution is 6.31. The Kier molecular flexibility index (Phi) is 9.19. The maximum absolute atomic E-state index is 12.0. The van der Waals surface area contributed by atoms with E-state index in [2.05, 4.69) is 56.9 Å². The lowest BCUT2D eigenvalue weighted by atomic mass is 9.98. The molecule has 1 fully saturated rings. The fourth-order valence-electron chi connectivity index (χ4n) is 4.94. The molecule has 1 aromatic heterocycles. The second kappa shape index (κ2) is 12.5. The molecule has 2 aromatic carbocycles. The second-order valence-corrected chi connectivity index (χ2v) is 10.4. The first-order chi connectivity index (χ1) is 17.9. The summed E-state index contributed by atoms with van der Waals surface area (Å²) in [6.45, 7) is 13.0. The van der Waals surface area contributed by atoms with Gasteiger partial charge in [0.15, 0.2) is 0 Å². The lowest BCUT2D eigenvalue weighted by molar-refractivity contribution is 0.0695. The Hall–Kier alpha value is -2.93. The normalized spacial score (nSPS) is 14.5. The average Bonchev–Trinajstić information content (AvgIpc) is 2.90. The lowest BCUT2D eigenvalue weighted by Gasteiger charge is -2.36. The number of carboxylic acids is 1. The zero-order chi connectivity index (χ0) is 26.4. The van der Waals surface area contributed by atoms with Crippen molar-refractivity contribution in [3.05, 3.63) is 93.6 Å². The summed E-state index contributed by atoms with van der Waals surface area (Å²) in [6.07, 6.45) is 1.74. The van der Waals surface area contributed by atoms with Gasteiger partial charge in [-0.05, 0) is 46.8 Å². The molecular weight excluding hydrogens is 484 g/mol. The molecule has 196 valence electrons. The minimum Gasteiger partial charge on any atom is -0.478 e. The summed E-state index contributed by atoms with van der Waals surface area (Å²) in [6, 6.07) is 18.8. The Morgan fingerprint density at radius 3 is 2.30 bits per heavy atom. The van der Waals surface area contributed by atoms with Gasteiger partial charge in [-0.3, -0.25) is 9.80 Å². The van der Waals surface area contributed by atoms with Gasteiger partial charge in [-0.2, -0.15) is 0 Å². The monoisotopic (exact) mass is 520 g/mol. The van der Waals surface area contributed by atoms with Gasteiger partial charge < -0.3 is 10.0 Å². The molecule has 3 aromatic rings. The van der Waals surface area contributed by atoms with Crippen molar-refractivity contribution in [1.29, 1.82) is 0 Å². The van der Waals surface area contributed by atoms with Crippen molar-refractivity contribution in [3.8, 4) is 0 Å². The van der Waals surface area contributed by atoms with Crippen molar-refractivity contribution in [2.75, 3.05) is 37.6 Å². The Balaban J connectivity index is 1.33. The van der Waals surface area contributed by atoms with Crippen LogP contribution in [0.3, 0.4) is 0 Å². The van der Waals surface area contributed by atoms with Crippen molar-refractivity contribution in [2.45, 2.75) is 46.3 Å². The maximum atomic E-state index is 12.0. The summed E-state index contributed by atoms with van der Waals surface area (Å²) in [4.78, 5) is 23.4. The number of hydrogen-bond acceptors (Lipinski definition) is 5. The summed E-state index contributed by atoms with van der Waals surface area (Å²) in [5.41, 5.74) is 4.92. The third kappa shape index (κ3) is 6.89. The number of halogens is 1. The Morgan fingerprint density at radius 2 is 1.68 bits per heavy atom. The van der Waals surface area contributed by atoms with E-state index in [0.29, 0.717) is 11.4 Å². The highest BCUT2D eigenvalue weighted by Crippen LogP contribution is 2.28. The van der Waals surface area contributed by atoms with Crippen LogP contribution in [-0.4, -0.2) is 58.6 Å². The molecule has 1 aliphatic heterocycles. The first-order valence-electron chi connectivity index (χ1n) is 13.1. The first kappa shape index (κ1) is 27.1. The van der Waals surface area contributed by atoms with E-state index in [1.165, 1.54) is 11.1 Å². The molecule has 0 unspecified atom stereocenters. The maximum Gasteiger partial charge on any atom is 0.339 e. The van der Waals surface area contributed by atoms with Crippen LogP contribution < -0.4 is 4.90 Å². The molecule has 0 atom stereocenters. The van der Waals surface area contributed by atoms with Crippen LogP contribution in [0.25, 0.3) is 0 Å². The minimum absolute atomic E-state index is 0.137. The van der Waals surface area contributed by atoms with Crippen LogP contribution >= 0.6 is 11.6 Å². The fourth-order valence-corrected chi connectivity index (χ4v) is 5.13. The molecule has 0 saturated carbocycles. The molecule has 0 aliphatic carbocycles. The number of carboxylic acid groups (broad SMARTS) is 1. The van der Waals surface area contributed by atoms with Crippen LogP contribution in [-0.2, 0) is 19.6 Å². The summed E-state index contributed by atoms with van der Waals surface area (Å²) in [5.74, 6) is -0.166. The highest BCUT2D eigenvalue weighted by atomic mass is 35.5. The van der Waals surface area contributed by atoms with Crippen molar-refractivity contribution < 1.29 is 9.90 Å². The summed E-state index contributed by atoms with van der Waals surface area (Å²) >= 11 is 6.36. The van der Waals surface area contributed by atoms with Crippen LogP contribution in [0, 0.1) is 0 Å². The minimum atomic E-state index is -0.900. The van der Waals surface area contributed by atoms with E-state index in [1.807, 2.05) is 38.1 Å². The molecule has 1 saturated heterocycles. The van der Waals surface area contributed by atoms with Gasteiger partial charge in [-0.1, -0.05) is 74.8 Å². The number of aromatic nitrogens is 1. The number of aromatic carboxylic acids is 1. The number of pyridine rings is 1. The molecule has 0 amide bonds. The molecular formula is C30H37ClN4O2. The molecule has 6 nitrogen and oxygen atoms in total. The van der Waals surface area contributed by atoms with Gasteiger partial charge >= 0.3 is 5.97 Å². The van der Waals surface area contributed by atoms with Gasteiger partial charge in [0.2, 0.25) is 0 Å². The molecule has 1 aliphatic rings. The smallest absolute Gasteiger partial charge is 0.339 e. The number of benzene rings is 2. The SMILES string of the molecule is CCN(Cc1ccc(CN2CCN(c3nccc(C(C)C)c3C(=O)O)CC2)cc1)Cc1ccccc1Cl. The number of anilines is 1. The largest absolute Gasteiger partial charge is 0.478 e. The molecule has 4 rings (SSSR count). The van der Waals surface area contributed by atoms with Crippen molar-refractivity contribution in [2.24, 2.45) is 0 Å². The van der Waals surface area contributed by atoms with E-state index in [0.717, 1.165) is 68.5 Å². The predicted molar refractivity (Wildman–Crippen MR) is 150 cm³/mol. The molecule has 2 heterocycles. The lowest BCUT2D eigenvalue weighted by Crippen LogP contribution is -2.46. The van der Waals surface area contributed by atoms with E-state index in [4.69, 9.17) is 11.6 Å².